The largest absolute Gasteiger partial charge is 0.0778 e. The van der Waals surface area contributed by atoms with Crippen molar-refractivity contribution >= 4 is 0 Å². The second-order valence-electron chi connectivity index (χ2n) is 3.96. The summed E-state index contributed by atoms with van der Waals surface area (Å²) in [4.78, 5) is 0. The average molecular weight is 196 g/mol. The van der Waals surface area contributed by atoms with Gasteiger partial charge in [0.25, 0.3) is 0 Å². The van der Waals surface area contributed by atoms with Gasteiger partial charge in [0.15, 0.2) is 0 Å². The highest BCUT2D eigenvalue weighted by atomic mass is 14.0. The van der Waals surface area contributed by atoms with Crippen molar-refractivity contribution < 1.29 is 0 Å². The number of allylic oxidation sites excluding steroid dienone is 6. The first kappa shape index (κ1) is 9.97. The number of benzene rings is 1. The molecule has 0 fully saturated rings. The van der Waals surface area contributed by atoms with Crippen LogP contribution in [0.3, 0.4) is 0 Å². The van der Waals surface area contributed by atoms with E-state index in [1.54, 1.807) is 0 Å². The lowest BCUT2D eigenvalue weighted by Gasteiger charge is -2.01. The van der Waals surface area contributed by atoms with E-state index in [9.17, 15) is 0 Å². The first-order valence-electron chi connectivity index (χ1n) is 5.42. The molecule has 0 heterocycles. The maximum absolute atomic E-state index is 2.31. The molecule has 15 heavy (non-hydrogen) atoms. The van der Waals surface area contributed by atoms with Crippen LogP contribution in [0, 0.1) is 0 Å². The van der Waals surface area contributed by atoms with Gasteiger partial charge in [-0.15, -0.1) is 0 Å². The van der Waals surface area contributed by atoms with Crippen LogP contribution in [0.4, 0.5) is 0 Å². The maximum atomic E-state index is 2.31. The summed E-state index contributed by atoms with van der Waals surface area (Å²) < 4.78 is 0. The van der Waals surface area contributed by atoms with Crippen LogP contribution in [-0.4, -0.2) is 0 Å². The van der Waals surface area contributed by atoms with E-state index in [-0.39, 0.29) is 0 Å². The fourth-order valence-electron chi connectivity index (χ4n) is 1.73. The Hall–Kier alpha value is -1.56. The fourth-order valence-corrected chi connectivity index (χ4v) is 1.73. The summed E-state index contributed by atoms with van der Waals surface area (Å²) in [6, 6.07) is 10.6. The van der Waals surface area contributed by atoms with E-state index in [0.29, 0.717) is 0 Å². The van der Waals surface area contributed by atoms with Crippen LogP contribution in [0.2, 0.25) is 0 Å². The molecule has 0 unspecified atom stereocenters. The highest BCUT2D eigenvalue weighted by Crippen LogP contribution is 2.14. The third-order valence-corrected chi connectivity index (χ3v) is 2.63. The SMILES string of the molecule is CC1=CCC=C(Cc2ccccc2)C=C1. The molecule has 0 spiro atoms. The molecule has 0 saturated heterocycles. The topological polar surface area (TPSA) is 0 Å². The van der Waals surface area contributed by atoms with Gasteiger partial charge in [-0.25, -0.2) is 0 Å². The van der Waals surface area contributed by atoms with Crippen LogP contribution < -0.4 is 0 Å². The molecule has 0 aromatic heterocycles. The summed E-state index contributed by atoms with van der Waals surface area (Å²) in [6.07, 6.45) is 11.1. The average Bonchev–Trinajstić information content (AvgIpc) is 2.46. The molecule has 0 atom stereocenters. The van der Waals surface area contributed by atoms with Gasteiger partial charge in [-0.1, -0.05) is 60.2 Å². The van der Waals surface area contributed by atoms with E-state index in [4.69, 9.17) is 0 Å². The Balaban J connectivity index is 2.08. The second kappa shape index (κ2) is 4.79. The second-order valence-corrected chi connectivity index (χ2v) is 3.96. The quantitative estimate of drug-likeness (QED) is 0.669. The first-order chi connectivity index (χ1) is 7.34. The molecule has 1 aromatic carbocycles. The highest BCUT2D eigenvalue weighted by Gasteiger charge is 1.97. The zero-order valence-electron chi connectivity index (χ0n) is 9.11. The van der Waals surface area contributed by atoms with Crippen molar-refractivity contribution in [2.24, 2.45) is 0 Å². The van der Waals surface area contributed by atoms with Gasteiger partial charge in [-0.2, -0.15) is 0 Å². The van der Waals surface area contributed by atoms with Gasteiger partial charge in [-0.3, -0.25) is 0 Å². The fraction of sp³-hybridized carbons (Fsp3) is 0.200. The van der Waals surface area contributed by atoms with Crippen LogP contribution in [0.15, 0.2) is 65.8 Å². The van der Waals surface area contributed by atoms with Gasteiger partial charge in [0.05, 0.1) is 0 Å². The van der Waals surface area contributed by atoms with Crippen molar-refractivity contribution in [3.63, 3.8) is 0 Å². The minimum Gasteiger partial charge on any atom is -0.0778 e. The van der Waals surface area contributed by atoms with Crippen LogP contribution in [0.5, 0.6) is 0 Å². The van der Waals surface area contributed by atoms with E-state index in [1.165, 1.54) is 16.7 Å². The Morgan fingerprint density at radius 1 is 1.00 bits per heavy atom. The number of hydrogen-bond donors (Lipinski definition) is 0. The summed E-state index contributed by atoms with van der Waals surface area (Å²) in [5.74, 6) is 0. The van der Waals surface area contributed by atoms with Crippen LogP contribution in [-0.2, 0) is 6.42 Å². The highest BCUT2D eigenvalue weighted by molar-refractivity contribution is 5.34. The zero-order valence-corrected chi connectivity index (χ0v) is 9.11. The summed E-state index contributed by atoms with van der Waals surface area (Å²) in [5.41, 5.74) is 4.15. The van der Waals surface area contributed by atoms with Gasteiger partial charge >= 0.3 is 0 Å². The van der Waals surface area contributed by atoms with Gasteiger partial charge in [0, 0.05) is 0 Å². The Bertz CT molecular complexity index is 405. The Morgan fingerprint density at radius 3 is 2.60 bits per heavy atom. The lowest BCUT2D eigenvalue weighted by atomic mass is 10.0. The summed E-state index contributed by atoms with van der Waals surface area (Å²) >= 11 is 0. The van der Waals surface area contributed by atoms with E-state index in [1.807, 2.05) is 0 Å². The van der Waals surface area contributed by atoms with Gasteiger partial charge in [-0.05, 0) is 30.9 Å². The minimum atomic E-state index is 1.04. The third-order valence-electron chi connectivity index (χ3n) is 2.63. The standard InChI is InChI=1S/C15H16/c1-13-6-5-9-15(11-10-13)12-14-7-3-2-4-8-14/h2-4,6-11H,5,12H2,1H3. The molecule has 1 aromatic rings. The Morgan fingerprint density at radius 2 is 1.80 bits per heavy atom. The van der Waals surface area contributed by atoms with Crippen LogP contribution in [0.1, 0.15) is 18.9 Å². The lowest BCUT2D eigenvalue weighted by molar-refractivity contribution is 1.17. The van der Waals surface area contributed by atoms with Crippen molar-refractivity contribution in [1.29, 1.82) is 0 Å². The van der Waals surface area contributed by atoms with E-state index >= 15 is 0 Å². The van der Waals surface area contributed by atoms with Crippen molar-refractivity contribution in [2.45, 2.75) is 19.8 Å². The summed E-state index contributed by atoms with van der Waals surface area (Å²) in [5, 5.41) is 0. The van der Waals surface area contributed by atoms with Gasteiger partial charge in [0.2, 0.25) is 0 Å². The first-order valence-corrected chi connectivity index (χ1v) is 5.42. The molecule has 0 amide bonds. The lowest BCUT2D eigenvalue weighted by Crippen LogP contribution is -1.86. The van der Waals surface area contributed by atoms with E-state index in [2.05, 4.69) is 61.6 Å². The molecule has 0 N–H and O–H groups in total. The van der Waals surface area contributed by atoms with E-state index in [0.717, 1.165) is 12.8 Å². The minimum absolute atomic E-state index is 1.04. The molecular weight excluding hydrogens is 180 g/mol. The molecule has 0 heteroatoms. The third kappa shape index (κ3) is 2.95. The van der Waals surface area contributed by atoms with Crippen molar-refractivity contribution in [1.82, 2.24) is 0 Å². The number of rotatable bonds is 2. The maximum Gasteiger partial charge on any atom is -0.00288 e. The van der Waals surface area contributed by atoms with Gasteiger partial charge in [0.1, 0.15) is 0 Å². The van der Waals surface area contributed by atoms with Gasteiger partial charge < -0.3 is 0 Å². The van der Waals surface area contributed by atoms with Crippen LogP contribution in [0.25, 0.3) is 0 Å². The molecule has 1 aliphatic rings. The number of hydrogen-bond acceptors (Lipinski definition) is 0. The monoisotopic (exact) mass is 196 g/mol. The predicted octanol–water partition coefficient (Wildman–Crippen LogP) is 4.06. The molecule has 0 bridgehead atoms. The van der Waals surface area contributed by atoms with Crippen molar-refractivity contribution in [2.75, 3.05) is 0 Å². The molecule has 76 valence electrons. The van der Waals surface area contributed by atoms with Crippen LogP contribution >= 0.6 is 0 Å². The summed E-state index contributed by atoms with van der Waals surface area (Å²) in [6.45, 7) is 2.15. The Kier molecular flexibility index (Phi) is 3.18. The molecule has 1 aliphatic carbocycles. The predicted molar refractivity (Wildman–Crippen MR) is 65.7 cm³/mol. The van der Waals surface area contributed by atoms with Crippen molar-refractivity contribution in [3.05, 3.63) is 71.3 Å². The molecule has 0 radical (unpaired) electrons. The smallest absolute Gasteiger partial charge is 0.00288 e. The Labute approximate surface area is 91.6 Å². The zero-order chi connectivity index (χ0) is 10.5. The normalized spacial score (nSPS) is 15.5. The van der Waals surface area contributed by atoms with Crippen molar-refractivity contribution in [3.8, 4) is 0 Å². The molecular formula is C15H16. The molecule has 0 nitrogen and oxygen atoms in total. The molecule has 2 rings (SSSR count). The molecule has 0 aliphatic heterocycles. The van der Waals surface area contributed by atoms with E-state index < -0.39 is 0 Å². The molecule has 0 saturated carbocycles. The summed E-state index contributed by atoms with van der Waals surface area (Å²) in [7, 11) is 0.